The zero-order chi connectivity index (χ0) is 10.4. The van der Waals surface area contributed by atoms with E-state index in [1.807, 2.05) is 10.8 Å². The zero-order valence-corrected chi connectivity index (χ0v) is 7.67. The van der Waals surface area contributed by atoms with Gasteiger partial charge in [0.25, 0.3) is 0 Å². The monoisotopic (exact) mass is 195 g/mol. The standard InChI is InChI=1S/C7H13N7/c8-6(9)13-7(10)12-2-4-14-3-1-11-5-14/h1,3,5H,2,4H2,(H6,8,9,10,12,13). The van der Waals surface area contributed by atoms with Crippen LogP contribution >= 0.6 is 0 Å². The lowest BCUT2D eigenvalue weighted by atomic mass is 10.6. The van der Waals surface area contributed by atoms with Crippen molar-refractivity contribution in [1.29, 1.82) is 0 Å². The molecule has 0 atom stereocenters. The highest BCUT2D eigenvalue weighted by Gasteiger charge is 1.90. The molecule has 7 heteroatoms. The van der Waals surface area contributed by atoms with Crippen molar-refractivity contribution < 1.29 is 0 Å². The minimum atomic E-state index is -0.0890. The highest BCUT2D eigenvalue weighted by atomic mass is 15.1. The first kappa shape index (κ1) is 10.0. The van der Waals surface area contributed by atoms with Gasteiger partial charge in [0.05, 0.1) is 12.9 Å². The quantitative estimate of drug-likeness (QED) is 0.400. The number of nitrogens with zero attached hydrogens (tertiary/aromatic N) is 4. The van der Waals surface area contributed by atoms with Crippen LogP contribution in [-0.4, -0.2) is 28.0 Å². The smallest absolute Gasteiger partial charge is 0.218 e. The molecule has 6 N–H and O–H groups in total. The summed E-state index contributed by atoms with van der Waals surface area (Å²) in [4.78, 5) is 11.4. The van der Waals surface area contributed by atoms with Crippen molar-refractivity contribution in [2.75, 3.05) is 6.54 Å². The lowest BCUT2D eigenvalue weighted by Gasteiger charge is -1.97. The summed E-state index contributed by atoms with van der Waals surface area (Å²) in [5, 5.41) is 0. The van der Waals surface area contributed by atoms with Crippen LogP contribution in [0.4, 0.5) is 0 Å². The number of rotatable bonds is 3. The van der Waals surface area contributed by atoms with Gasteiger partial charge in [0.2, 0.25) is 5.96 Å². The van der Waals surface area contributed by atoms with Crippen molar-refractivity contribution >= 4 is 11.9 Å². The van der Waals surface area contributed by atoms with Gasteiger partial charge in [-0.3, -0.25) is 0 Å². The average Bonchev–Trinajstić information content (AvgIpc) is 2.55. The fourth-order valence-electron chi connectivity index (χ4n) is 0.867. The molecule has 1 rings (SSSR count). The number of guanidine groups is 2. The van der Waals surface area contributed by atoms with Gasteiger partial charge in [-0.25, -0.2) is 9.98 Å². The lowest BCUT2D eigenvalue weighted by molar-refractivity contribution is 0.708. The maximum Gasteiger partial charge on any atom is 0.218 e. The van der Waals surface area contributed by atoms with Gasteiger partial charge in [-0.15, -0.1) is 0 Å². The molecule has 0 aliphatic rings. The number of aromatic nitrogens is 2. The Morgan fingerprint density at radius 1 is 1.36 bits per heavy atom. The molecule has 0 saturated heterocycles. The molecule has 7 nitrogen and oxygen atoms in total. The topological polar surface area (TPSA) is 121 Å². The Balaban J connectivity index is 2.37. The number of imidazole rings is 1. The van der Waals surface area contributed by atoms with Gasteiger partial charge in [0.15, 0.2) is 5.96 Å². The average molecular weight is 195 g/mol. The first-order valence-corrected chi connectivity index (χ1v) is 4.04. The Labute approximate surface area is 81.3 Å². The molecule has 1 aromatic heterocycles. The molecule has 0 amide bonds. The summed E-state index contributed by atoms with van der Waals surface area (Å²) >= 11 is 0. The minimum absolute atomic E-state index is 0.0881. The number of hydrogen-bond donors (Lipinski definition) is 3. The van der Waals surface area contributed by atoms with E-state index in [1.165, 1.54) is 0 Å². The molecule has 0 unspecified atom stereocenters. The molecule has 0 saturated carbocycles. The molecule has 1 aromatic rings. The Morgan fingerprint density at radius 2 is 2.14 bits per heavy atom. The number of aliphatic imine (C=N–C) groups is 2. The molecule has 0 aliphatic heterocycles. The minimum Gasteiger partial charge on any atom is -0.370 e. The molecule has 0 radical (unpaired) electrons. The van der Waals surface area contributed by atoms with Crippen molar-refractivity contribution in [3.05, 3.63) is 18.7 Å². The maximum absolute atomic E-state index is 5.39. The Morgan fingerprint density at radius 3 is 2.71 bits per heavy atom. The van der Waals surface area contributed by atoms with E-state index in [0.717, 1.165) is 0 Å². The zero-order valence-electron chi connectivity index (χ0n) is 7.67. The van der Waals surface area contributed by atoms with E-state index in [9.17, 15) is 0 Å². The van der Waals surface area contributed by atoms with E-state index in [4.69, 9.17) is 17.2 Å². The molecule has 14 heavy (non-hydrogen) atoms. The van der Waals surface area contributed by atoms with Gasteiger partial charge in [-0.1, -0.05) is 0 Å². The first-order valence-electron chi connectivity index (χ1n) is 4.04. The predicted molar refractivity (Wildman–Crippen MR) is 54.5 cm³/mol. The molecule has 1 heterocycles. The Kier molecular flexibility index (Phi) is 3.48. The highest BCUT2D eigenvalue weighted by molar-refractivity contribution is 5.92. The summed E-state index contributed by atoms with van der Waals surface area (Å²) in [6.45, 7) is 1.21. The van der Waals surface area contributed by atoms with Gasteiger partial charge < -0.3 is 21.8 Å². The van der Waals surface area contributed by atoms with Crippen molar-refractivity contribution in [2.45, 2.75) is 6.54 Å². The Bertz CT molecular complexity index is 320. The van der Waals surface area contributed by atoms with Gasteiger partial charge in [0.1, 0.15) is 0 Å². The summed E-state index contributed by atoms with van der Waals surface area (Å²) in [5.41, 5.74) is 15.6. The third-order valence-electron chi connectivity index (χ3n) is 1.43. The van der Waals surface area contributed by atoms with Gasteiger partial charge in [-0.2, -0.15) is 4.99 Å². The largest absolute Gasteiger partial charge is 0.370 e. The van der Waals surface area contributed by atoms with Gasteiger partial charge in [0, 0.05) is 18.9 Å². The third-order valence-corrected chi connectivity index (χ3v) is 1.43. The molecule has 76 valence electrons. The van der Waals surface area contributed by atoms with Crippen LogP contribution in [0.2, 0.25) is 0 Å². The Hall–Kier alpha value is -2.05. The van der Waals surface area contributed by atoms with E-state index in [2.05, 4.69) is 15.0 Å². The summed E-state index contributed by atoms with van der Waals surface area (Å²) in [6, 6.07) is 0. The number of hydrogen-bond acceptors (Lipinski definition) is 2. The van der Waals surface area contributed by atoms with Crippen molar-refractivity contribution in [2.24, 2.45) is 27.2 Å². The number of nitrogens with two attached hydrogens (primary N) is 3. The second kappa shape index (κ2) is 4.85. The van der Waals surface area contributed by atoms with Crippen LogP contribution in [0.5, 0.6) is 0 Å². The molecule has 0 aromatic carbocycles. The predicted octanol–water partition coefficient (Wildman–Crippen LogP) is -1.53. The summed E-state index contributed by atoms with van der Waals surface area (Å²) in [6.07, 6.45) is 5.24. The second-order valence-electron chi connectivity index (χ2n) is 2.58. The lowest BCUT2D eigenvalue weighted by Crippen LogP contribution is -2.26. The van der Waals surface area contributed by atoms with E-state index in [-0.39, 0.29) is 11.9 Å². The summed E-state index contributed by atoms with van der Waals surface area (Å²) in [7, 11) is 0. The van der Waals surface area contributed by atoms with E-state index >= 15 is 0 Å². The van der Waals surface area contributed by atoms with E-state index < -0.39 is 0 Å². The summed E-state index contributed by atoms with van der Waals surface area (Å²) in [5.74, 6) is -0.000929. The van der Waals surface area contributed by atoms with Gasteiger partial charge in [-0.05, 0) is 0 Å². The second-order valence-corrected chi connectivity index (χ2v) is 2.58. The molecule has 0 fully saturated rings. The van der Waals surface area contributed by atoms with E-state index in [1.54, 1.807) is 12.5 Å². The highest BCUT2D eigenvalue weighted by Crippen LogP contribution is 1.86. The molecular weight excluding hydrogens is 182 g/mol. The van der Waals surface area contributed by atoms with Crippen molar-refractivity contribution in [3.63, 3.8) is 0 Å². The molecule has 0 bridgehead atoms. The molecule has 0 aliphatic carbocycles. The fraction of sp³-hybridized carbons (Fsp3) is 0.286. The normalized spacial score (nSPS) is 11.3. The van der Waals surface area contributed by atoms with Crippen LogP contribution in [0.15, 0.2) is 28.7 Å². The SMILES string of the molecule is NC(N)=NC(N)=NCCn1ccnc1. The van der Waals surface area contributed by atoms with E-state index in [0.29, 0.717) is 13.1 Å². The fourth-order valence-corrected chi connectivity index (χ4v) is 0.867. The third kappa shape index (κ3) is 3.57. The molecular formula is C7H13N7. The van der Waals surface area contributed by atoms with Crippen LogP contribution in [0, 0.1) is 0 Å². The molecule has 0 spiro atoms. The van der Waals surface area contributed by atoms with Crippen LogP contribution < -0.4 is 17.2 Å². The van der Waals surface area contributed by atoms with Crippen molar-refractivity contribution in [3.8, 4) is 0 Å². The van der Waals surface area contributed by atoms with Crippen LogP contribution in [-0.2, 0) is 6.54 Å². The van der Waals surface area contributed by atoms with Crippen LogP contribution in [0.25, 0.3) is 0 Å². The first-order chi connectivity index (χ1) is 6.68. The van der Waals surface area contributed by atoms with Crippen LogP contribution in [0.1, 0.15) is 0 Å². The summed E-state index contributed by atoms with van der Waals surface area (Å²) < 4.78 is 1.88. The van der Waals surface area contributed by atoms with Crippen LogP contribution in [0.3, 0.4) is 0 Å². The maximum atomic E-state index is 5.39. The van der Waals surface area contributed by atoms with Crippen molar-refractivity contribution in [1.82, 2.24) is 9.55 Å². The van der Waals surface area contributed by atoms with Gasteiger partial charge >= 0.3 is 0 Å².